The number of aliphatic hydroxyl groups is 2. The molecule has 0 aromatic heterocycles. The normalized spacial score (nSPS) is 4.50. The quantitative estimate of drug-likeness (QED) is 0.541. The summed E-state index contributed by atoms with van der Waals surface area (Å²) in [6.45, 7) is 5.11. The summed E-state index contributed by atoms with van der Waals surface area (Å²) < 4.78 is 0. The number of aliphatic hydroxyl groups excluding tert-OH is 2. The molecule has 0 fully saturated rings. The molecule has 0 bridgehead atoms. The monoisotopic (exact) mass is 452 g/mol. The first-order valence-corrected chi connectivity index (χ1v) is 1.67. The van der Waals surface area contributed by atoms with E-state index >= 15 is 0 Å². The molecule has 4 heteroatoms. The van der Waals surface area contributed by atoms with Crippen molar-refractivity contribution in [2.45, 2.75) is 13.8 Å². The van der Waals surface area contributed by atoms with Crippen molar-refractivity contribution in [1.82, 2.24) is 0 Å². The number of hydrogen-bond donors (Lipinski definition) is 2. The number of rotatable bonds is 0. The fourth-order valence-corrected chi connectivity index (χ4v) is 0. The molecule has 0 saturated heterocycles. The maximum absolute atomic E-state index is 7.44. The standard InChI is InChI=1S/2C2H5O.2Ta/c2*1-2-3;;/h2*2-3H,1H3;;/q2*-1;;+2. The van der Waals surface area contributed by atoms with E-state index in [1.165, 1.54) is 0 Å². The zero-order chi connectivity index (χ0) is 5.41. The van der Waals surface area contributed by atoms with Gasteiger partial charge in [-0.15, -0.1) is 0 Å². The van der Waals surface area contributed by atoms with Crippen molar-refractivity contribution in [2.24, 2.45) is 0 Å². The van der Waals surface area contributed by atoms with Crippen LogP contribution >= 0.6 is 0 Å². The van der Waals surface area contributed by atoms with Gasteiger partial charge in [0.1, 0.15) is 0 Å². The first-order chi connectivity index (χ1) is 2.83. The second kappa shape index (κ2) is 39.8. The van der Waals surface area contributed by atoms with Crippen molar-refractivity contribution in [2.75, 3.05) is 0 Å². The maximum Gasteiger partial charge on any atom is 2.00 e. The molecular weight excluding hydrogens is 442 g/mol. The Labute approximate surface area is 81.7 Å². The van der Waals surface area contributed by atoms with Gasteiger partial charge in [-0.25, -0.2) is 13.2 Å². The van der Waals surface area contributed by atoms with Crippen LogP contribution in [0.2, 0.25) is 0 Å². The van der Waals surface area contributed by atoms with Crippen LogP contribution in [0, 0.1) is 13.2 Å². The SMILES string of the molecule is C[CH-]O.C[CH-]O.[Ta+2].[Ta]. The second-order valence-corrected chi connectivity index (χ2v) is 0.516. The van der Waals surface area contributed by atoms with E-state index < -0.39 is 0 Å². The van der Waals surface area contributed by atoms with Crippen molar-refractivity contribution < 1.29 is 55.0 Å². The molecule has 0 aliphatic carbocycles. The molecule has 0 amide bonds. The Morgan fingerprint density at radius 3 is 1.00 bits per heavy atom. The zero-order valence-corrected chi connectivity index (χ0v) is 11.4. The van der Waals surface area contributed by atoms with Crippen molar-refractivity contribution in [3.63, 3.8) is 0 Å². The van der Waals surface area contributed by atoms with Crippen LogP contribution < -0.4 is 0 Å². The Balaban J connectivity index is -0.0000000160. The van der Waals surface area contributed by atoms with Crippen LogP contribution in [-0.2, 0) is 44.8 Å². The summed E-state index contributed by atoms with van der Waals surface area (Å²) in [6, 6.07) is 0. The Morgan fingerprint density at radius 1 is 1.00 bits per heavy atom. The van der Waals surface area contributed by atoms with E-state index in [1.807, 2.05) is 0 Å². The fraction of sp³-hybridized carbons (Fsp3) is 0.500. The van der Waals surface area contributed by atoms with Crippen molar-refractivity contribution in [3.05, 3.63) is 13.2 Å². The fourth-order valence-electron chi connectivity index (χ4n) is 0. The van der Waals surface area contributed by atoms with E-state index in [2.05, 4.69) is 0 Å². The molecule has 0 saturated carbocycles. The van der Waals surface area contributed by atoms with Gasteiger partial charge in [0, 0.05) is 22.4 Å². The summed E-state index contributed by atoms with van der Waals surface area (Å²) in [5.74, 6) is 0. The zero-order valence-electron chi connectivity index (χ0n) is 4.94. The van der Waals surface area contributed by atoms with Gasteiger partial charge in [0.2, 0.25) is 0 Å². The van der Waals surface area contributed by atoms with Gasteiger partial charge in [-0.05, 0) is 0 Å². The van der Waals surface area contributed by atoms with Crippen LogP contribution in [0.15, 0.2) is 0 Å². The van der Waals surface area contributed by atoms with Crippen LogP contribution in [0.3, 0.4) is 0 Å². The van der Waals surface area contributed by atoms with Crippen LogP contribution in [0.1, 0.15) is 13.8 Å². The summed E-state index contributed by atoms with van der Waals surface area (Å²) in [7, 11) is 0. The molecule has 0 aliphatic rings. The Bertz CT molecular complexity index is 14.0. The van der Waals surface area contributed by atoms with E-state index in [9.17, 15) is 0 Å². The minimum absolute atomic E-state index is 0. The average molecular weight is 452 g/mol. The third kappa shape index (κ3) is 155. The predicted octanol–water partition coefficient (Wildman–Crippen LogP) is 1.08. The van der Waals surface area contributed by atoms with Gasteiger partial charge < -0.3 is 10.2 Å². The molecule has 2 N–H and O–H groups in total. The van der Waals surface area contributed by atoms with Gasteiger partial charge in [-0.3, -0.25) is 0 Å². The van der Waals surface area contributed by atoms with Gasteiger partial charge in [0.05, 0.1) is 0 Å². The van der Waals surface area contributed by atoms with E-state index in [0.29, 0.717) is 0 Å². The molecule has 0 aromatic rings. The molecule has 8 heavy (non-hydrogen) atoms. The van der Waals surface area contributed by atoms with E-state index in [-0.39, 0.29) is 44.8 Å². The molecule has 0 rings (SSSR count). The molecule has 0 aliphatic heterocycles. The predicted molar refractivity (Wildman–Crippen MR) is 23.8 cm³/mol. The summed E-state index contributed by atoms with van der Waals surface area (Å²) in [5.41, 5.74) is 0. The molecule has 2 radical (unpaired) electrons. The molecule has 2 nitrogen and oxygen atoms in total. The second-order valence-electron chi connectivity index (χ2n) is 0.516. The van der Waals surface area contributed by atoms with Crippen LogP contribution in [0.4, 0.5) is 0 Å². The van der Waals surface area contributed by atoms with Gasteiger partial charge >= 0.3 is 22.4 Å². The molecule has 0 unspecified atom stereocenters. The minimum atomic E-state index is 0. The van der Waals surface area contributed by atoms with Gasteiger partial charge in [-0.1, -0.05) is 0 Å². The largest absolute Gasteiger partial charge is 2.00 e. The van der Waals surface area contributed by atoms with Gasteiger partial charge in [0.25, 0.3) is 0 Å². The van der Waals surface area contributed by atoms with E-state index in [1.54, 1.807) is 13.8 Å². The molecule has 0 aromatic carbocycles. The maximum atomic E-state index is 7.44. The summed E-state index contributed by atoms with van der Waals surface area (Å²) in [4.78, 5) is 0. The molecule has 0 heterocycles. The van der Waals surface area contributed by atoms with Crippen molar-refractivity contribution >= 4 is 0 Å². The average Bonchev–Trinajstić information content (AvgIpc) is 1.39. The summed E-state index contributed by atoms with van der Waals surface area (Å²) in [6.07, 6.45) is 0. The topological polar surface area (TPSA) is 40.5 Å². The van der Waals surface area contributed by atoms with Gasteiger partial charge in [0.15, 0.2) is 0 Å². The minimum Gasteiger partial charge on any atom is -0.566 e. The van der Waals surface area contributed by atoms with Crippen LogP contribution in [0.25, 0.3) is 0 Å². The summed E-state index contributed by atoms with van der Waals surface area (Å²) in [5, 5.41) is 14.9. The Morgan fingerprint density at radius 2 is 1.00 bits per heavy atom. The van der Waals surface area contributed by atoms with Gasteiger partial charge in [-0.2, -0.15) is 13.8 Å². The Kier molecular flexibility index (Phi) is 113. The van der Waals surface area contributed by atoms with E-state index in [4.69, 9.17) is 10.2 Å². The van der Waals surface area contributed by atoms with Crippen LogP contribution in [0.5, 0.6) is 0 Å². The van der Waals surface area contributed by atoms with E-state index in [0.717, 1.165) is 13.2 Å². The van der Waals surface area contributed by atoms with Crippen molar-refractivity contribution in [3.8, 4) is 0 Å². The number of hydrogen-bond acceptors (Lipinski definition) is 2. The third-order valence-electron chi connectivity index (χ3n) is 0. The molecular formula is C4H10O2Ta2. The molecule has 0 spiro atoms. The third-order valence-corrected chi connectivity index (χ3v) is 0. The molecule has 48 valence electrons. The van der Waals surface area contributed by atoms with Crippen LogP contribution in [-0.4, -0.2) is 10.2 Å². The first kappa shape index (κ1) is 22.7. The Hall–Kier alpha value is 1.40. The smallest absolute Gasteiger partial charge is 0.566 e. The first-order valence-electron chi connectivity index (χ1n) is 1.67. The summed E-state index contributed by atoms with van der Waals surface area (Å²) >= 11 is 0. The van der Waals surface area contributed by atoms with Crippen molar-refractivity contribution in [1.29, 1.82) is 0 Å². The molecule has 0 atom stereocenters.